The van der Waals surface area contributed by atoms with Gasteiger partial charge in [0.05, 0.1) is 18.8 Å². The van der Waals surface area contributed by atoms with Gasteiger partial charge in [0.25, 0.3) is 5.91 Å². The average Bonchev–Trinajstić information content (AvgIpc) is 3.27. The smallest absolute Gasteiger partial charge is 0.286 e. The molecule has 1 atom stereocenters. The van der Waals surface area contributed by atoms with Crippen molar-refractivity contribution in [2.45, 2.75) is 32.9 Å². The summed E-state index contributed by atoms with van der Waals surface area (Å²) in [6.45, 7) is 7.43. The van der Waals surface area contributed by atoms with Crippen molar-refractivity contribution in [3.63, 3.8) is 0 Å². The summed E-state index contributed by atoms with van der Waals surface area (Å²) in [5, 5.41) is 12.4. The van der Waals surface area contributed by atoms with Crippen LogP contribution in [0.1, 0.15) is 34.2 Å². The highest BCUT2D eigenvalue weighted by molar-refractivity contribution is 7.13. The topological polar surface area (TPSA) is 70.6 Å². The molecule has 2 aromatic carbocycles. The summed E-state index contributed by atoms with van der Waals surface area (Å²) in [4.78, 5) is 17.0. The summed E-state index contributed by atoms with van der Waals surface area (Å²) in [5.41, 5.74) is 3.14. The van der Waals surface area contributed by atoms with E-state index < -0.39 is 0 Å². The molecule has 1 amide bonds. The normalized spacial score (nSPS) is 15.4. The van der Waals surface area contributed by atoms with Crippen molar-refractivity contribution < 1.29 is 9.53 Å². The van der Waals surface area contributed by atoms with Gasteiger partial charge in [-0.1, -0.05) is 42.5 Å². The second-order valence-corrected chi connectivity index (χ2v) is 9.01. The first-order chi connectivity index (χ1) is 15.6. The third kappa shape index (κ3) is 5.26. The van der Waals surface area contributed by atoms with Gasteiger partial charge in [-0.25, -0.2) is 0 Å². The highest BCUT2D eigenvalue weighted by Crippen LogP contribution is 2.33. The van der Waals surface area contributed by atoms with Crippen molar-refractivity contribution in [1.29, 1.82) is 0 Å². The minimum absolute atomic E-state index is 0.0663. The van der Waals surface area contributed by atoms with Gasteiger partial charge >= 0.3 is 0 Å². The van der Waals surface area contributed by atoms with E-state index in [-0.39, 0.29) is 12.0 Å². The quantitative estimate of drug-likeness (QED) is 0.557. The monoisotopic (exact) mass is 451 g/mol. The van der Waals surface area contributed by atoms with Crippen LogP contribution in [0.15, 0.2) is 48.5 Å². The van der Waals surface area contributed by atoms with Crippen LogP contribution in [0.2, 0.25) is 0 Å². The molecule has 1 aliphatic rings. The number of ether oxygens (including phenoxy) is 1. The van der Waals surface area contributed by atoms with E-state index in [1.807, 2.05) is 49.5 Å². The molecule has 168 valence electrons. The van der Waals surface area contributed by atoms with Gasteiger partial charge in [0.15, 0.2) is 0 Å². The van der Waals surface area contributed by atoms with Crippen LogP contribution >= 0.6 is 11.3 Å². The van der Waals surface area contributed by atoms with E-state index in [1.165, 1.54) is 16.9 Å². The average molecular weight is 452 g/mol. The van der Waals surface area contributed by atoms with E-state index in [9.17, 15) is 4.79 Å². The van der Waals surface area contributed by atoms with Gasteiger partial charge in [-0.15, -0.1) is 10.2 Å². The third-order valence-electron chi connectivity index (χ3n) is 5.51. The van der Waals surface area contributed by atoms with E-state index >= 15 is 0 Å². The maximum absolute atomic E-state index is 12.5. The van der Waals surface area contributed by atoms with Crippen molar-refractivity contribution >= 4 is 28.6 Å². The molecule has 32 heavy (non-hydrogen) atoms. The zero-order chi connectivity index (χ0) is 22.5. The van der Waals surface area contributed by atoms with Crippen LogP contribution in [0, 0.1) is 0 Å². The molecule has 0 aliphatic carbocycles. The number of likely N-dealkylation sites (N-methyl/N-ethyl adjacent to an activating group) is 2. The van der Waals surface area contributed by atoms with Crippen molar-refractivity contribution in [3.05, 3.63) is 64.1 Å². The molecule has 0 bridgehead atoms. The number of hydrogen-bond donors (Lipinski definition) is 1. The minimum Gasteiger partial charge on any atom is -0.485 e. The van der Waals surface area contributed by atoms with Gasteiger partial charge in [-0.2, -0.15) is 0 Å². The molecular formula is C24H29N5O2S. The number of anilines is 2. The predicted molar refractivity (Wildman–Crippen MR) is 129 cm³/mol. The summed E-state index contributed by atoms with van der Waals surface area (Å²) in [6.07, 6.45) is 1.03. The molecule has 3 aromatic rings. The highest BCUT2D eigenvalue weighted by atomic mass is 32.1. The van der Waals surface area contributed by atoms with Crippen LogP contribution in [0.5, 0.6) is 5.75 Å². The molecule has 1 aromatic heterocycles. The number of carbonyl (C=O) groups excluding carboxylic acids is 1. The van der Waals surface area contributed by atoms with Gasteiger partial charge in [0.1, 0.15) is 16.9 Å². The molecule has 0 unspecified atom stereocenters. The third-order valence-corrected chi connectivity index (χ3v) is 6.41. The Balaban J connectivity index is 1.32. The van der Waals surface area contributed by atoms with E-state index in [0.29, 0.717) is 11.6 Å². The first kappa shape index (κ1) is 22.2. The van der Waals surface area contributed by atoms with Gasteiger partial charge in [0.2, 0.25) is 5.01 Å². The highest BCUT2D eigenvalue weighted by Gasteiger charge is 2.26. The summed E-state index contributed by atoms with van der Waals surface area (Å²) < 4.78 is 6.22. The zero-order valence-corrected chi connectivity index (χ0v) is 19.6. The lowest BCUT2D eigenvalue weighted by Gasteiger charge is -2.37. The van der Waals surface area contributed by atoms with Crippen LogP contribution in [0.3, 0.4) is 0 Å². The number of aryl methyl sites for hydroxylation is 1. The molecule has 8 heteroatoms. The molecule has 0 radical (unpaired) electrons. The zero-order valence-electron chi connectivity index (χ0n) is 18.7. The fraction of sp³-hybridized carbons (Fsp3) is 0.375. The minimum atomic E-state index is -0.230. The van der Waals surface area contributed by atoms with Crippen LogP contribution in [0.25, 0.3) is 0 Å². The van der Waals surface area contributed by atoms with Gasteiger partial charge < -0.3 is 15.0 Å². The first-order valence-electron chi connectivity index (χ1n) is 11.0. The largest absolute Gasteiger partial charge is 0.485 e. The fourth-order valence-electron chi connectivity index (χ4n) is 3.83. The lowest BCUT2D eigenvalue weighted by molar-refractivity contribution is 0.102. The number of para-hydroxylation sites is 2. The fourth-order valence-corrected chi connectivity index (χ4v) is 4.65. The standard InChI is InChI=1S/C24H29N5O2S/c1-4-17-10-12-18(13-11-17)25-23(30)24-27-26-22(32-24)16-28(3)14-19-15-29(5-2)20-8-6-7-9-21(20)31-19/h6-13,19H,4-5,14-16H2,1-3H3,(H,25,30)/t19-/m1/s1. The number of aromatic nitrogens is 2. The van der Waals surface area contributed by atoms with Crippen molar-refractivity contribution in [1.82, 2.24) is 15.1 Å². The number of fused-ring (bicyclic) bond motifs is 1. The van der Waals surface area contributed by atoms with Gasteiger partial charge in [0, 0.05) is 18.8 Å². The lowest BCUT2D eigenvalue weighted by Crippen LogP contribution is -2.45. The number of hydrogen-bond acceptors (Lipinski definition) is 7. The Labute approximate surface area is 193 Å². The molecular weight excluding hydrogens is 422 g/mol. The molecule has 1 N–H and O–H groups in total. The predicted octanol–water partition coefficient (Wildman–Crippen LogP) is 4.07. The second-order valence-electron chi connectivity index (χ2n) is 7.95. The summed E-state index contributed by atoms with van der Waals surface area (Å²) >= 11 is 1.32. The lowest BCUT2D eigenvalue weighted by atomic mass is 10.1. The Bertz CT molecular complexity index is 1050. The second kappa shape index (κ2) is 10.1. The number of benzene rings is 2. The first-order valence-corrected chi connectivity index (χ1v) is 11.8. The van der Waals surface area contributed by atoms with E-state index in [4.69, 9.17) is 4.74 Å². The Morgan fingerprint density at radius 1 is 1.19 bits per heavy atom. The summed E-state index contributed by atoms with van der Waals surface area (Å²) in [7, 11) is 2.04. The van der Waals surface area contributed by atoms with Gasteiger partial charge in [-0.05, 0) is 50.2 Å². The van der Waals surface area contributed by atoms with Crippen molar-refractivity contribution in [2.75, 3.05) is 36.9 Å². The molecule has 0 fully saturated rings. The summed E-state index contributed by atoms with van der Waals surface area (Å²) in [5.74, 6) is 0.701. The molecule has 1 aliphatic heterocycles. The van der Waals surface area contributed by atoms with Gasteiger partial charge in [-0.3, -0.25) is 9.69 Å². The number of amides is 1. The Hall–Kier alpha value is -2.97. The number of nitrogens with zero attached hydrogens (tertiary/aromatic N) is 4. The molecule has 2 heterocycles. The maximum atomic E-state index is 12.5. The maximum Gasteiger partial charge on any atom is 0.286 e. The van der Waals surface area contributed by atoms with E-state index in [2.05, 4.69) is 45.2 Å². The van der Waals surface area contributed by atoms with Crippen LogP contribution in [-0.4, -0.2) is 53.8 Å². The SMILES string of the molecule is CCc1ccc(NC(=O)c2nnc(CN(C)C[C@@H]3CN(CC)c4ccccc4O3)s2)cc1. The van der Waals surface area contributed by atoms with Crippen molar-refractivity contribution in [3.8, 4) is 5.75 Å². The Kier molecular flexibility index (Phi) is 7.02. The van der Waals surface area contributed by atoms with Crippen molar-refractivity contribution in [2.24, 2.45) is 0 Å². The Morgan fingerprint density at radius 3 is 2.72 bits per heavy atom. The number of rotatable bonds is 8. The molecule has 0 saturated heterocycles. The van der Waals surface area contributed by atoms with E-state index in [1.54, 1.807) is 0 Å². The van der Waals surface area contributed by atoms with Crippen LogP contribution in [0.4, 0.5) is 11.4 Å². The number of carbonyl (C=O) groups is 1. The van der Waals surface area contributed by atoms with Crippen LogP contribution < -0.4 is 15.0 Å². The number of nitrogens with one attached hydrogen (secondary N) is 1. The van der Waals surface area contributed by atoms with E-state index in [0.717, 1.165) is 48.2 Å². The molecule has 0 spiro atoms. The summed E-state index contributed by atoms with van der Waals surface area (Å²) in [6, 6.07) is 16.0. The van der Waals surface area contributed by atoms with Crippen LogP contribution in [-0.2, 0) is 13.0 Å². The molecule has 4 rings (SSSR count). The molecule has 0 saturated carbocycles. The molecule has 7 nitrogen and oxygen atoms in total. The Morgan fingerprint density at radius 2 is 1.97 bits per heavy atom.